The quantitative estimate of drug-likeness (QED) is 0.287. The number of fused-ring (bicyclic) bond motifs is 1. The van der Waals surface area contributed by atoms with Gasteiger partial charge >= 0.3 is 0 Å². The second-order valence-electron chi connectivity index (χ2n) is 9.49. The summed E-state index contributed by atoms with van der Waals surface area (Å²) in [5.41, 5.74) is 2.13. The number of benzene rings is 4. The SMILES string of the molecule is O=C(NCc1ccccc1)C1CN(C(=O)CN(Cc2ccc(Br)cc2)S(=O)(=O)c2ccccc2)c2ccccc2O1. The van der Waals surface area contributed by atoms with Crippen LogP contribution in [0, 0.1) is 0 Å². The van der Waals surface area contributed by atoms with Crippen LogP contribution >= 0.6 is 15.9 Å². The molecular weight excluding hydrogens is 606 g/mol. The number of carbonyl (C=O) groups excluding carboxylic acids is 2. The standard InChI is InChI=1S/C31H28BrN3O5S/c32-25-17-15-24(16-18-25)20-34(41(38,39)26-11-5-2-6-12-26)22-30(36)35-21-29(40-28-14-8-7-13-27(28)35)31(37)33-19-23-9-3-1-4-10-23/h1-18,29H,19-22H2,(H,33,37). The summed E-state index contributed by atoms with van der Waals surface area (Å²) >= 11 is 3.40. The molecule has 0 aromatic heterocycles. The topological polar surface area (TPSA) is 96.0 Å². The Labute approximate surface area is 247 Å². The van der Waals surface area contributed by atoms with Gasteiger partial charge in [0.25, 0.3) is 5.91 Å². The third-order valence-electron chi connectivity index (χ3n) is 6.64. The van der Waals surface area contributed by atoms with Gasteiger partial charge in [-0.05, 0) is 47.5 Å². The highest BCUT2D eigenvalue weighted by atomic mass is 79.9. The Morgan fingerprint density at radius 1 is 0.854 bits per heavy atom. The monoisotopic (exact) mass is 633 g/mol. The van der Waals surface area contributed by atoms with E-state index in [1.807, 2.05) is 42.5 Å². The van der Waals surface area contributed by atoms with Crippen LogP contribution in [0.25, 0.3) is 0 Å². The molecule has 4 aromatic rings. The molecular formula is C31H28BrN3O5S. The van der Waals surface area contributed by atoms with Crippen molar-refractivity contribution in [2.24, 2.45) is 0 Å². The highest BCUT2D eigenvalue weighted by Crippen LogP contribution is 2.33. The fourth-order valence-corrected chi connectivity index (χ4v) is 6.17. The van der Waals surface area contributed by atoms with Gasteiger partial charge in [-0.1, -0.05) is 88.7 Å². The average Bonchev–Trinajstić information content (AvgIpc) is 3.00. The van der Waals surface area contributed by atoms with Gasteiger partial charge in [0.2, 0.25) is 15.9 Å². The Morgan fingerprint density at radius 3 is 2.20 bits per heavy atom. The zero-order valence-electron chi connectivity index (χ0n) is 22.0. The van der Waals surface area contributed by atoms with Gasteiger partial charge in [-0.15, -0.1) is 0 Å². The maximum absolute atomic E-state index is 13.9. The number of nitrogens with zero attached hydrogens (tertiary/aromatic N) is 2. The van der Waals surface area contributed by atoms with E-state index in [0.717, 1.165) is 19.9 Å². The lowest BCUT2D eigenvalue weighted by molar-refractivity contribution is -0.128. The van der Waals surface area contributed by atoms with Crippen LogP contribution in [-0.4, -0.2) is 43.7 Å². The Morgan fingerprint density at radius 2 is 1.49 bits per heavy atom. The third kappa shape index (κ3) is 6.84. The molecule has 5 rings (SSSR count). The lowest BCUT2D eigenvalue weighted by Crippen LogP contribution is -2.52. The van der Waals surface area contributed by atoms with Crippen molar-refractivity contribution >= 4 is 43.5 Å². The lowest BCUT2D eigenvalue weighted by atomic mass is 10.1. The van der Waals surface area contributed by atoms with Crippen molar-refractivity contribution in [2.45, 2.75) is 24.1 Å². The van der Waals surface area contributed by atoms with Gasteiger partial charge in [0.15, 0.2) is 6.10 Å². The molecule has 1 aliphatic heterocycles. The molecule has 1 aliphatic rings. The zero-order valence-corrected chi connectivity index (χ0v) is 24.4. The van der Waals surface area contributed by atoms with Gasteiger partial charge in [-0.2, -0.15) is 4.31 Å². The number of ether oxygens (including phenoxy) is 1. The van der Waals surface area contributed by atoms with Crippen LogP contribution in [0.5, 0.6) is 5.75 Å². The van der Waals surface area contributed by atoms with Gasteiger partial charge in [-0.25, -0.2) is 8.42 Å². The number of halogens is 1. The van der Waals surface area contributed by atoms with Crippen molar-refractivity contribution < 1.29 is 22.7 Å². The van der Waals surface area contributed by atoms with Gasteiger partial charge < -0.3 is 15.0 Å². The molecule has 0 fully saturated rings. The molecule has 10 heteroatoms. The van der Waals surface area contributed by atoms with Crippen LogP contribution in [-0.2, 0) is 32.7 Å². The minimum Gasteiger partial charge on any atom is -0.477 e. The van der Waals surface area contributed by atoms with Crippen LogP contribution in [0.1, 0.15) is 11.1 Å². The maximum Gasteiger partial charge on any atom is 0.263 e. The first kappa shape index (κ1) is 28.5. The molecule has 0 bridgehead atoms. The van der Waals surface area contributed by atoms with Crippen LogP contribution in [0.4, 0.5) is 5.69 Å². The van der Waals surface area contributed by atoms with Gasteiger partial charge in [-0.3, -0.25) is 9.59 Å². The molecule has 1 unspecified atom stereocenters. The van der Waals surface area contributed by atoms with Gasteiger partial charge in [0.1, 0.15) is 5.75 Å². The minimum atomic E-state index is -4.03. The van der Waals surface area contributed by atoms with Crippen molar-refractivity contribution in [2.75, 3.05) is 18.0 Å². The molecule has 0 radical (unpaired) electrons. The number of para-hydroxylation sites is 2. The molecule has 8 nitrogen and oxygen atoms in total. The van der Waals surface area contributed by atoms with Crippen molar-refractivity contribution in [3.63, 3.8) is 0 Å². The second-order valence-corrected chi connectivity index (χ2v) is 12.3. The minimum absolute atomic E-state index is 0.0107. The Hall–Kier alpha value is -3.99. The molecule has 1 atom stereocenters. The molecule has 0 saturated carbocycles. The van der Waals surface area contributed by atoms with Crippen LogP contribution in [0.15, 0.2) is 119 Å². The third-order valence-corrected chi connectivity index (χ3v) is 8.98. The van der Waals surface area contributed by atoms with E-state index in [0.29, 0.717) is 18.0 Å². The molecule has 41 heavy (non-hydrogen) atoms. The number of nitrogens with one attached hydrogen (secondary N) is 1. The average molecular weight is 635 g/mol. The number of hydrogen-bond donors (Lipinski definition) is 1. The largest absolute Gasteiger partial charge is 0.477 e. The predicted molar refractivity (Wildman–Crippen MR) is 160 cm³/mol. The fraction of sp³-hybridized carbons (Fsp3) is 0.161. The van der Waals surface area contributed by atoms with Crippen molar-refractivity contribution in [1.29, 1.82) is 0 Å². The van der Waals surface area contributed by atoms with Gasteiger partial charge in [0, 0.05) is 17.6 Å². The molecule has 0 saturated heterocycles. The Balaban J connectivity index is 1.40. The zero-order chi connectivity index (χ0) is 28.8. The Bertz CT molecular complexity index is 1620. The Kier molecular flexibility index (Phi) is 8.82. The predicted octanol–water partition coefficient (Wildman–Crippen LogP) is 4.75. The van der Waals surface area contributed by atoms with Crippen molar-refractivity contribution in [1.82, 2.24) is 9.62 Å². The first-order valence-corrected chi connectivity index (χ1v) is 15.2. The number of carbonyl (C=O) groups is 2. The lowest BCUT2D eigenvalue weighted by Gasteiger charge is -2.35. The van der Waals surface area contributed by atoms with Gasteiger partial charge in [0.05, 0.1) is 23.7 Å². The molecule has 1 N–H and O–H groups in total. The highest BCUT2D eigenvalue weighted by molar-refractivity contribution is 9.10. The van der Waals surface area contributed by atoms with E-state index in [1.54, 1.807) is 54.6 Å². The van der Waals surface area contributed by atoms with Crippen LogP contribution in [0.2, 0.25) is 0 Å². The summed E-state index contributed by atoms with van der Waals surface area (Å²) in [4.78, 5) is 28.5. The summed E-state index contributed by atoms with van der Waals surface area (Å²) in [5, 5.41) is 2.87. The number of amides is 2. The number of sulfonamides is 1. The molecule has 1 heterocycles. The van der Waals surface area contributed by atoms with E-state index >= 15 is 0 Å². The molecule has 0 spiro atoms. The fourth-order valence-electron chi connectivity index (χ4n) is 4.50. The van der Waals surface area contributed by atoms with Crippen LogP contribution < -0.4 is 15.0 Å². The van der Waals surface area contributed by atoms with Crippen LogP contribution in [0.3, 0.4) is 0 Å². The van der Waals surface area contributed by atoms with E-state index in [1.165, 1.54) is 17.0 Å². The summed E-state index contributed by atoms with van der Waals surface area (Å²) in [6, 6.07) is 31.7. The van der Waals surface area contributed by atoms with Crippen molar-refractivity contribution in [3.8, 4) is 5.75 Å². The van der Waals surface area contributed by atoms with E-state index in [2.05, 4.69) is 21.2 Å². The van der Waals surface area contributed by atoms with E-state index < -0.39 is 28.6 Å². The number of anilines is 1. The normalized spacial score (nSPS) is 14.7. The summed E-state index contributed by atoms with van der Waals surface area (Å²) in [5.74, 6) is -0.472. The molecule has 2 amide bonds. The van der Waals surface area contributed by atoms with Crippen molar-refractivity contribution in [3.05, 3.63) is 125 Å². The van der Waals surface area contributed by atoms with E-state index in [4.69, 9.17) is 4.74 Å². The van der Waals surface area contributed by atoms with E-state index in [9.17, 15) is 18.0 Å². The summed E-state index contributed by atoms with van der Waals surface area (Å²) < 4.78 is 35.4. The second kappa shape index (κ2) is 12.7. The van der Waals surface area contributed by atoms with E-state index in [-0.39, 0.29) is 23.9 Å². The summed E-state index contributed by atoms with van der Waals surface area (Å²) in [6.45, 7) is -0.192. The smallest absolute Gasteiger partial charge is 0.263 e. The first-order valence-electron chi connectivity index (χ1n) is 13.0. The highest BCUT2D eigenvalue weighted by Gasteiger charge is 2.36. The number of hydrogen-bond acceptors (Lipinski definition) is 5. The molecule has 4 aromatic carbocycles. The summed E-state index contributed by atoms with van der Waals surface area (Å²) in [7, 11) is -4.03. The maximum atomic E-state index is 13.9. The first-order chi connectivity index (χ1) is 19.8. The molecule has 0 aliphatic carbocycles. The molecule has 210 valence electrons. The summed E-state index contributed by atoms with van der Waals surface area (Å²) in [6.07, 6.45) is -0.969. The number of rotatable bonds is 9.